The zero-order valence-corrected chi connectivity index (χ0v) is 9.80. The second kappa shape index (κ2) is 4.03. The molecule has 0 aliphatic heterocycles. The summed E-state index contributed by atoms with van der Waals surface area (Å²) in [6.07, 6.45) is 2.95. The number of hydrogen-bond donors (Lipinski definition) is 1. The van der Waals surface area contributed by atoms with Crippen LogP contribution in [-0.2, 0) is 6.42 Å². The summed E-state index contributed by atoms with van der Waals surface area (Å²) in [6.45, 7) is 0. The van der Waals surface area contributed by atoms with E-state index in [0.717, 1.165) is 41.4 Å². The number of nitro groups is 1. The molecule has 92 valence electrons. The molecule has 5 nitrogen and oxygen atoms in total. The number of fused-ring (bicyclic) bond motifs is 2. The summed E-state index contributed by atoms with van der Waals surface area (Å²) in [6, 6.07) is 6.71. The van der Waals surface area contributed by atoms with Gasteiger partial charge in [-0.2, -0.15) is 0 Å². The molecular weight excluding hydrogens is 230 g/mol. The van der Waals surface area contributed by atoms with Crippen LogP contribution >= 0.6 is 0 Å². The van der Waals surface area contributed by atoms with Crippen molar-refractivity contribution in [2.75, 3.05) is 0 Å². The number of nitrogens with zero attached hydrogens (tertiary/aromatic N) is 2. The van der Waals surface area contributed by atoms with Gasteiger partial charge in [0.15, 0.2) is 0 Å². The highest BCUT2D eigenvalue weighted by molar-refractivity contribution is 5.82. The SMILES string of the molecule is NC1CCCc2nc3ccc([N+](=O)[O-])cc3cc21. The quantitative estimate of drug-likeness (QED) is 0.616. The Morgan fingerprint density at radius 1 is 1.39 bits per heavy atom. The maximum absolute atomic E-state index is 10.8. The van der Waals surface area contributed by atoms with Crippen molar-refractivity contribution in [3.63, 3.8) is 0 Å². The third-order valence-corrected chi connectivity index (χ3v) is 3.45. The lowest BCUT2D eigenvalue weighted by atomic mass is 9.91. The highest BCUT2D eigenvalue weighted by Crippen LogP contribution is 2.30. The molecule has 5 heteroatoms. The van der Waals surface area contributed by atoms with Crippen LogP contribution in [0.15, 0.2) is 24.3 Å². The minimum atomic E-state index is -0.390. The number of non-ortho nitro benzene ring substituents is 1. The lowest BCUT2D eigenvalue weighted by Crippen LogP contribution is -2.18. The largest absolute Gasteiger partial charge is 0.324 e. The number of nitrogens with two attached hydrogens (primary N) is 1. The van der Waals surface area contributed by atoms with E-state index in [1.165, 1.54) is 6.07 Å². The van der Waals surface area contributed by atoms with Crippen LogP contribution in [0.4, 0.5) is 5.69 Å². The third kappa shape index (κ3) is 1.73. The molecule has 2 N–H and O–H groups in total. The molecule has 1 unspecified atom stereocenters. The normalized spacial score (nSPS) is 18.6. The number of rotatable bonds is 1. The standard InChI is InChI=1S/C13H13N3O2/c14-11-2-1-3-13-10(11)7-8-6-9(16(17)18)4-5-12(8)15-13/h4-7,11H,1-3,14H2. The molecule has 18 heavy (non-hydrogen) atoms. The number of pyridine rings is 1. The molecule has 1 aromatic carbocycles. The molecule has 1 aliphatic rings. The Morgan fingerprint density at radius 2 is 2.22 bits per heavy atom. The second-order valence-electron chi connectivity index (χ2n) is 4.66. The molecule has 0 spiro atoms. The number of benzene rings is 1. The van der Waals surface area contributed by atoms with Crippen LogP contribution in [-0.4, -0.2) is 9.91 Å². The summed E-state index contributed by atoms with van der Waals surface area (Å²) < 4.78 is 0. The van der Waals surface area contributed by atoms with E-state index in [1.54, 1.807) is 12.1 Å². The zero-order chi connectivity index (χ0) is 12.7. The number of aromatic nitrogens is 1. The van der Waals surface area contributed by atoms with Gasteiger partial charge < -0.3 is 5.73 Å². The van der Waals surface area contributed by atoms with Gasteiger partial charge in [0.1, 0.15) is 0 Å². The Labute approximate surface area is 104 Å². The van der Waals surface area contributed by atoms with Gasteiger partial charge in [-0.15, -0.1) is 0 Å². The van der Waals surface area contributed by atoms with Gasteiger partial charge in [-0.1, -0.05) is 0 Å². The molecule has 0 bridgehead atoms. The summed E-state index contributed by atoms with van der Waals surface area (Å²) in [5, 5.41) is 11.6. The van der Waals surface area contributed by atoms with E-state index in [-0.39, 0.29) is 11.7 Å². The maximum atomic E-state index is 10.8. The number of aryl methyl sites for hydroxylation is 1. The average molecular weight is 243 g/mol. The van der Waals surface area contributed by atoms with Gasteiger partial charge in [-0.3, -0.25) is 15.1 Å². The van der Waals surface area contributed by atoms with Gasteiger partial charge in [-0.05, 0) is 37.0 Å². The Balaban J connectivity index is 2.21. The molecule has 2 aromatic rings. The van der Waals surface area contributed by atoms with Crippen LogP contribution in [0, 0.1) is 10.1 Å². The zero-order valence-electron chi connectivity index (χ0n) is 9.80. The summed E-state index contributed by atoms with van der Waals surface area (Å²) in [5.74, 6) is 0. The number of nitro benzene ring substituents is 1. The van der Waals surface area contributed by atoms with E-state index >= 15 is 0 Å². The van der Waals surface area contributed by atoms with Crippen LogP contribution < -0.4 is 5.73 Å². The Hall–Kier alpha value is -2.01. The van der Waals surface area contributed by atoms with Crippen LogP contribution in [0.5, 0.6) is 0 Å². The van der Waals surface area contributed by atoms with Gasteiger partial charge in [-0.25, -0.2) is 0 Å². The Morgan fingerprint density at radius 3 is 3.00 bits per heavy atom. The summed E-state index contributed by atoms with van der Waals surface area (Å²) in [7, 11) is 0. The van der Waals surface area contributed by atoms with E-state index < -0.39 is 4.92 Å². The monoisotopic (exact) mass is 243 g/mol. The van der Waals surface area contributed by atoms with Crippen LogP contribution in [0.3, 0.4) is 0 Å². The van der Waals surface area contributed by atoms with Gasteiger partial charge in [0.25, 0.3) is 5.69 Å². The maximum Gasteiger partial charge on any atom is 0.270 e. The molecule has 0 fully saturated rings. The highest BCUT2D eigenvalue weighted by Gasteiger charge is 2.19. The van der Waals surface area contributed by atoms with Crippen molar-refractivity contribution >= 4 is 16.6 Å². The van der Waals surface area contributed by atoms with Crippen molar-refractivity contribution in [2.24, 2.45) is 5.73 Å². The topological polar surface area (TPSA) is 82.0 Å². The first-order valence-corrected chi connectivity index (χ1v) is 5.99. The lowest BCUT2D eigenvalue weighted by Gasteiger charge is -2.21. The molecule has 1 aromatic heterocycles. The summed E-state index contributed by atoms with van der Waals surface area (Å²) in [4.78, 5) is 14.9. The van der Waals surface area contributed by atoms with Crippen molar-refractivity contribution in [1.82, 2.24) is 4.98 Å². The van der Waals surface area contributed by atoms with Crippen LogP contribution in [0.2, 0.25) is 0 Å². The van der Waals surface area contributed by atoms with Crippen molar-refractivity contribution < 1.29 is 4.92 Å². The molecule has 0 saturated carbocycles. The second-order valence-corrected chi connectivity index (χ2v) is 4.66. The predicted molar refractivity (Wildman–Crippen MR) is 68.3 cm³/mol. The highest BCUT2D eigenvalue weighted by atomic mass is 16.6. The smallest absolute Gasteiger partial charge is 0.270 e. The molecule has 3 rings (SSSR count). The minimum Gasteiger partial charge on any atom is -0.324 e. The molecule has 0 radical (unpaired) electrons. The molecule has 1 aliphatic carbocycles. The van der Waals surface area contributed by atoms with Crippen molar-refractivity contribution in [1.29, 1.82) is 0 Å². The first-order chi connectivity index (χ1) is 8.65. The van der Waals surface area contributed by atoms with Gasteiger partial charge in [0.2, 0.25) is 0 Å². The fourth-order valence-corrected chi connectivity index (χ4v) is 2.50. The third-order valence-electron chi connectivity index (χ3n) is 3.45. The first kappa shape index (κ1) is 11.1. The van der Waals surface area contributed by atoms with Gasteiger partial charge >= 0.3 is 0 Å². The summed E-state index contributed by atoms with van der Waals surface area (Å²) in [5.41, 5.74) is 9.03. The van der Waals surface area contributed by atoms with E-state index in [4.69, 9.17) is 5.73 Å². The number of hydrogen-bond acceptors (Lipinski definition) is 4. The lowest BCUT2D eigenvalue weighted by molar-refractivity contribution is -0.384. The summed E-state index contributed by atoms with van der Waals surface area (Å²) >= 11 is 0. The first-order valence-electron chi connectivity index (χ1n) is 5.99. The van der Waals surface area contributed by atoms with E-state index in [2.05, 4.69) is 4.98 Å². The van der Waals surface area contributed by atoms with Crippen molar-refractivity contribution in [3.05, 3.63) is 45.6 Å². The van der Waals surface area contributed by atoms with Gasteiger partial charge in [0.05, 0.1) is 10.4 Å². The fraction of sp³-hybridized carbons (Fsp3) is 0.308. The van der Waals surface area contributed by atoms with E-state index in [1.807, 2.05) is 6.07 Å². The molecule has 0 saturated heterocycles. The van der Waals surface area contributed by atoms with E-state index in [0.29, 0.717) is 0 Å². The average Bonchev–Trinajstić information content (AvgIpc) is 2.36. The molecule has 1 atom stereocenters. The van der Waals surface area contributed by atoms with E-state index in [9.17, 15) is 10.1 Å². The molecule has 1 heterocycles. The van der Waals surface area contributed by atoms with Crippen molar-refractivity contribution in [3.8, 4) is 0 Å². The van der Waals surface area contributed by atoms with Gasteiger partial charge in [0, 0.05) is 29.3 Å². The van der Waals surface area contributed by atoms with Crippen molar-refractivity contribution in [2.45, 2.75) is 25.3 Å². The van der Waals surface area contributed by atoms with Crippen LogP contribution in [0.1, 0.15) is 30.1 Å². The van der Waals surface area contributed by atoms with Crippen LogP contribution in [0.25, 0.3) is 10.9 Å². The Bertz CT molecular complexity index is 639. The molecule has 0 amide bonds. The fourth-order valence-electron chi connectivity index (χ4n) is 2.50. The minimum absolute atomic E-state index is 0.00455. The Kier molecular flexibility index (Phi) is 2.48. The molecular formula is C13H13N3O2. The predicted octanol–water partition coefficient (Wildman–Crippen LogP) is 2.48.